The molecule has 0 aliphatic rings. The van der Waals surface area contributed by atoms with Crippen LogP contribution in [0.25, 0.3) is 11.0 Å². The molecule has 0 aliphatic carbocycles. The second-order valence-electron chi connectivity index (χ2n) is 3.23. The van der Waals surface area contributed by atoms with E-state index in [0.717, 1.165) is 11.0 Å². The lowest BCUT2D eigenvalue weighted by molar-refractivity contribution is 0.355. The summed E-state index contributed by atoms with van der Waals surface area (Å²) in [6.07, 6.45) is 1.63. The summed E-state index contributed by atoms with van der Waals surface area (Å²) in [6.45, 7) is 0.270. The van der Waals surface area contributed by atoms with Crippen molar-refractivity contribution in [3.8, 4) is 17.6 Å². The van der Waals surface area contributed by atoms with Crippen LogP contribution in [0, 0.1) is 11.3 Å². The Hall–Kier alpha value is -2.22. The average molecular weight is 217 g/mol. The second-order valence-corrected chi connectivity index (χ2v) is 3.23. The van der Waals surface area contributed by atoms with E-state index in [4.69, 9.17) is 14.7 Å². The van der Waals surface area contributed by atoms with Gasteiger partial charge in [-0.3, -0.25) is 0 Å². The van der Waals surface area contributed by atoms with Crippen molar-refractivity contribution in [2.75, 3.05) is 14.2 Å². The maximum absolute atomic E-state index is 8.67. The van der Waals surface area contributed by atoms with E-state index in [1.54, 1.807) is 31.2 Å². The third-order valence-electron chi connectivity index (χ3n) is 2.37. The first-order chi connectivity index (χ1) is 7.80. The predicted molar refractivity (Wildman–Crippen MR) is 58.5 cm³/mol. The van der Waals surface area contributed by atoms with Crippen molar-refractivity contribution in [1.82, 2.24) is 9.55 Å². The standard InChI is InChI=1S/C11H11N3O2/c1-15-10-5-8-9(6-11(10)16-2)14(4-3-12)7-13-8/h5-7H,4H2,1-2H3. The third-order valence-corrected chi connectivity index (χ3v) is 2.37. The fraction of sp³-hybridized carbons (Fsp3) is 0.273. The molecular formula is C11H11N3O2. The Balaban J connectivity index is 2.62. The zero-order chi connectivity index (χ0) is 11.5. The normalized spacial score (nSPS) is 10.1. The van der Waals surface area contributed by atoms with Crippen molar-refractivity contribution in [3.05, 3.63) is 18.5 Å². The highest BCUT2D eigenvalue weighted by Gasteiger charge is 2.09. The number of hydrogen-bond acceptors (Lipinski definition) is 4. The quantitative estimate of drug-likeness (QED) is 0.783. The maximum atomic E-state index is 8.67. The van der Waals surface area contributed by atoms with E-state index in [1.165, 1.54) is 0 Å². The summed E-state index contributed by atoms with van der Waals surface area (Å²) in [7, 11) is 3.16. The summed E-state index contributed by atoms with van der Waals surface area (Å²) < 4.78 is 12.1. The molecule has 2 aromatic rings. The van der Waals surface area contributed by atoms with Gasteiger partial charge in [-0.25, -0.2) is 4.98 Å². The summed E-state index contributed by atoms with van der Waals surface area (Å²) in [6, 6.07) is 5.69. The highest BCUT2D eigenvalue weighted by molar-refractivity contribution is 5.80. The Labute approximate surface area is 92.8 Å². The highest BCUT2D eigenvalue weighted by Crippen LogP contribution is 2.31. The molecule has 0 atom stereocenters. The van der Waals surface area contributed by atoms with E-state index in [9.17, 15) is 0 Å². The minimum atomic E-state index is 0.270. The lowest BCUT2D eigenvalue weighted by Crippen LogP contribution is -1.94. The van der Waals surface area contributed by atoms with E-state index in [2.05, 4.69) is 11.1 Å². The first kappa shape index (κ1) is 10.3. The van der Waals surface area contributed by atoms with Crippen molar-refractivity contribution < 1.29 is 9.47 Å². The number of nitrogens with zero attached hydrogens (tertiary/aromatic N) is 3. The molecule has 5 heteroatoms. The summed E-state index contributed by atoms with van der Waals surface area (Å²) in [5.41, 5.74) is 1.65. The van der Waals surface area contributed by atoms with Crippen molar-refractivity contribution in [1.29, 1.82) is 5.26 Å². The molecule has 1 aromatic carbocycles. The molecule has 0 unspecified atom stereocenters. The van der Waals surface area contributed by atoms with E-state index >= 15 is 0 Å². The molecular weight excluding hydrogens is 206 g/mol. The van der Waals surface area contributed by atoms with Gasteiger partial charge < -0.3 is 14.0 Å². The number of nitriles is 1. The molecule has 16 heavy (non-hydrogen) atoms. The smallest absolute Gasteiger partial charge is 0.163 e. The zero-order valence-electron chi connectivity index (χ0n) is 9.10. The van der Waals surface area contributed by atoms with E-state index in [-0.39, 0.29) is 6.54 Å². The van der Waals surface area contributed by atoms with Crippen LogP contribution >= 0.6 is 0 Å². The van der Waals surface area contributed by atoms with Gasteiger partial charge in [-0.05, 0) is 0 Å². The fourth-order valence-electron chi connectivity index (χ4n) is 1.59. The fourth-order valence-corrected chi connectivity index (χ4v) is 1.59. The van der Waals surface area contributed by atoms with Crippen LogP contribution in [0.15, 0.2) is 18.5 Å². The molecule has 1 aromatic heterocycles. The SMILES string of the molecule is COc1cc2ncn(CC#N)c2cc1OC. The molecule has 0 aliphatic heterocycles. The van der Waals surface area contributed by atoms with Gasteiger partial charge in [0, 0.05) is 12.1 Å². The van der Waals surface area contributed by atoms with Crippen LogP contribution < -0.4 is 9.47 Å². The van der Waals surface area contributed by atoms with Crippen LogP contribution in [-0.4, -0.2) is 23.8 Å². The molecule has 0 N–H and O–H groups in total. The van der Waals surface area contributed by atoms with Crippen molar-refractivity contribution in [3.63, 3.8) is 0 Å². The number of aromatic nitrogens is 2. The molecule has 0 saturated heterocycles. The monoisotopic (exact) mass is 217 g/mol. The number of fused-ring (bicyclic) bond motifs is 1. The van der Waals surface area contributed by atoms with Crippen LogP contribution in [0.5, 0.6) is 11.5 Å². The van der Waals surface area contributed by atoms with E-state index < -0.39 is 0 Å². The largest absolute Gasteiger partial charge is 0.493 e. The van der Waals surface area contributed by atoms with Gasteiger partial charge in [0.05, 0.1) is 37.6 Å². The summed E-state index contributed by atoms with van der Waals surface area (Å²) >= 11 is 0. The molecule has 0 saturated carbocycles. The Morgan fingerprint density at radius 1 is 1.31 bits per heavy atom. The molecule has 5 nitrogen and oxygen atoms in total. The Kier molecular flexibility index (Phi) is 2.64. The van der Waals surface area contributed by atoms with Gasteiger partial charge >= 0.3 is 0 Å². The third kappa shape index (κ3) is 1.54. The van der Waals surface area contributed by atoms with Crippen LogP contribution in [0.1, 0.15) is 0 Å². The van der Waals surface area contributed by atoms with Crippen LogP contribution in [0.3, 0.4) is 0 Å². The van der Waals surface area contributed by atoms with Crippen LogP contribution in [0.2, 0.25) is 0 Å². The van der Waals surface area contributed by atoms with Gasteiger partial charge in [-0.15, -0.1) is 0 Å². The maximum Gasteiger partial charge on any atom is 0.163 e. The number of benzene rings is 1. The molecule has 1 heterocycles. The lowest BCUT2D eigenvalue weighted by atomic mass is 10.2. The number of methoxy groups -OCH3 is 2. The van der Waals surface area contributed by atoms with Gasteiger partial charge in [-0.1, -0.05) is 0 Å². The molecule has 0 fully saturated rings. The van der Waals surface area contributed by atoms with Crippen LogP contribution in [0.4, 0.5) is 0 Å². The summed E-state index contributed by atoms with van der Waals surface area (Å²) in [5, 5.41) is 8.67. The molecule has 2 rings (SSSR count). The first-order valence-electron chi connectivity index (χ1n) is 4.74. The van der Waals surface area contributed by atoms with Crippen molar-refractivity contribution in [2.45, 2.75) is 6.54 Å². The Morgan fingerprint density at radius 3 is 2.62 bits per heavy atom. The number of rotatable bonds is 3. The van der Waals surface area contributed by atoms with Crippen LogP contribution in [-0.2, 0) is 6.54 Å². The van der Waals surface area contributed by atoms with Crippen molar-refractivity contribution in [2.24, 2.45) is 0 Å². The average Bonchev–Trinajstić information content (AvgIpc) is 2.70. The van der Waals surface area contributed by atoms with Gasteiger partial charge in [0.1, 0.15) is 6.54 Å². The zero-order valence-corrected chi connectivity index (χ0v) is 9.10. The predicted octanol–water partition coefficient (Wildman–Crippen LogP) is 1.58. The highest BCUT2D eigenvalue weighted by atomic mass is 16.5. The summed E-state index contributed by atoms with van der Waals surface area (Å²) in [4.78, 5) is 4.20. The molecule has 82 valence electrons. The second kappa shape index (κ2) is 4.11. The topological polar surface area (TPSA) is 60.1 Å². The number of ether oxygens (including phenoxy) is 2. The van der Waals surface area contributed by atoms with E-state index in [1.807, 2.05) is 6.07 Å². The lowest BCUT2D eigenvalue weighted by Gasteiger charge is -2.07. The number of hydrogen-bond donors (Lipinski definition) is 0. The van der Waals surface area contributed by atoms with E-state index in [0.29, 0.717) is 11.5 Å². The van der Waals surface area contributed by atoms with Crippen molar-refractivity contribution >= 4 is 11.0 Å². The van der Waals surface area contributed by atoms with Gasteiger partial charge in [0.2, 0.25) is 0 Å². The minimum Gasteiger partial charge on any atom is -0.493 e. The van der Waals surface area contributed by atoms with Gasteiger partial charge in [-0.2, -0.15) is 5.26 Å². The molecule has 0 spiro atoms. The molecule has 0 bridgehead atoms. The first-order valence-corrected chi connectivity index (χ1v) is 4.74. The van der Waals surface area contributed by atoms with Gasteiger partial charge in [0.15, 0.2) is 11.5 Å². The molecule has 0 amide bonds. The molecule has 0 radical (unpaired) electrons. The minimum absolute atomic E-state index is 0.270. The summed E-state index contributed by atoms with van der Waals surface area (Å²) in [5.74, 6) is 1.27. The van der Waals surface area contributed by atoms with Gasteiger partial charge in [0.25, 0.3) is 0 Å². The Bertz CT molecular complexity index is 554. The number of imidazole rings is 1. The Morgan fingerprint density at radius 2 is 2.00 bits per heavy atom.